The Bertz CT molecular complexity index is 547. The highest BCUT2D eigenvalue weighted by Gasteiger charge is 2.32. The van der Waals surface area contributed by atoms with Crippen molar-refractivity contribution in [2.45, 2.75) is 23.8 Å². The lowest BCUT2D eigenvalue weighted by Crippen LogP contribution is -2.24. The lowest BCUT2D eigenvalue weighted by molar-refractivity contribution is 0.130. The van der Waals surface area contributed by atoms with E-state index in [4.69, 9.17) is 9.84 Å². The van der Waals surface area contributed by atoms with Gasteiger partial charge >= 0.3 is 6.09 Å². The van der Waals surface area contributed by atoms with Gasteiger partial charge in [0.15, 0.2) is 0 Å². The molecule has 0 bridgehead atoms. The topological polar surface area (TPSA) is 61.8 Å². The molecule has 1 aromatic rings. The van der Waals surface area contributed by atoms with Gasteiger partial charge in [0, 0.05) is 23.4 Å². The molecule has 1 aromatic carbocycles. The Hall–Kier alpha value is -1.66. The van der Waals surface area contributed by atoms with Crippen molar-refractivity contribution in [3.05, 3.63) is 29.8 Å². The minimum atomic E-state index is -0.313. The number of nitrogens with one attached hydrogen (secondary N) is 1. The summed E-state index contributed by atoms with van der Waals surface area (Å²) in [6.07, 6.45) is 2.78. The fraction of sp³-hybridized carbons (Fsp3) is 0.357. The Balaban J connectivity index is 1.75. The maximum absolute atomic E-state index is 11.9. The molecule has 2 heterocycles. The van der Waals surface area contributed by atoms with Crippen LogP contribution in [0.5, 0.6) is 0 Å². The van der Waals surface area contributed by atoms with Crippen molar-refractivity contribution in [1.82, 2.24) is 0 Å². The van der Waals surface area contributed by atoms with Gasteiger partial charge in [-0.2, -0.15) is 0 Å². The summed E-state index contributed by atoms with van der Waals surface area (Å²) in [6, 6.07) is 5.89. The molecule has 5 nitrogen and oxygen atoms in total. The Labute approximate surface area is 121 Å². The summed E-state index contributed by atoms with van der Waals surface area (Å²) in [5.74, 6) is 0. The third kappa shape index (κ3) is 2.62. The zero-order valence-electron chi connectivity index (χ0n) is 10.9. The van der Waals surface area contributed by atoms with Gasteiger partial charge in [-0.15, -0.1) is 0 Å². The number of aliphatic hydroxyl groups excluding tert-OH is 1. The van der Waals surface area contributed by atoms with E-state index < -0.39 is 0 Å². The molecule has 0 aromatic heterocycles. The van der Waals surface area contributed by atoms with E-state index in [-0.39, 0.29) is 18.8 Å². The van der Waals surface area contributed by atoms with Gasteiger partial charge in [0.1, 0.15) is 6.10 Å². The normalized spacial score (nSPS) is 20.6. The molecule has 2 N–H and O–H groups in total. The SMILES string of the molecule is O=C1O[C@H](CCCO)CN1c1ccc2c(c1)NC=CS2. The van der Waals surface area contributed by atoms with Crippen LogP contribution in [-0.2, 0) is 4.74 Å². The first-order valence-electron chi connectivity index (χ1n) is 6.59. The number of carbonyl (C=O) groups excluding carboxylic acids is 1. The van der Waals surface area contributed by atoms with Gasteiger partial charge in [0.2, 0.25) is 0 Å². The van der Waals surface area contributed by atoms with Crippen LogP contribution in [0.4, 0.5) is 16.2 Å². The van der Waals surface area contributed by atoms with Gasteiger partial charge < -0.3 is 15.2 Å². The Morgan fingerprint density at radius 2 is 2.40 bits per heavy atom. The van der Waals surface area contributed by atoms with E-state index in [1.807, 2.05) is 29.8 Å². The number of amides is 1. The van der Waals surface area contributed by atoms with Crippen LogP contribution < -0.4 is 10.2 Å². The molecule has 3 rings (SSSR count). The van der Waals surface area contributed by atoms with E-state index >= 15 is 0 Å². The molecule has 0 spiro atoms. The fourth-order valence-corrected chi connectivity index (χ4v) is 3.01. The van der Waals surface area contributed by atoms with E-state index in [0.29, 0.717) is 19.4 Å². The monoisotopic (exact) mass is 292 g/mol. The number of hydrogen-bond acceptors (Lipinski definition) is 5. The van der Waals surface area contributed by atoms with Crippen molar-refractivity contribution in [3.63, 3.8) is 0 Å². The fourth-order valence-electron chi connectivity index (χ4n) is 2.33. The number of nitrogens with zero attached hydrogens (tertiary/aromatic N) is 1. The average Bonchev–Trinajstić information content (AvgIpc) is 2.85. The maximum atomic E-state index is 11.9. The number of rotatable bonds is 4. The van der Waals surface area contributed by atoms with Crippen molar-refractivity contribution in [2.75, 3.05) is 23.4 Å². The van der Waals surface area contributed by atoms with Crippen LogP contribution in [0.15, 0.2) is 34.7 Å². The Kier molecular flexibility index (Phi) is 3.84. The van der Waals surface area contributed by atoms with Crippen molar-refractivity contribution < 1.29 is 14.6 Å². The smallest absolute Gasteiger partial charge is 0.414 e. The molecule has 2 aliphatic rings. The van der Waals surface area contributed by atoms with Crippen LogP contribution in [0.2, 0.25) is 0 Å². The summed E-state index contributed by atoms with van der Waals surface area (Å²) in [5.41, 5.74) is 1.84. The zero-order valence-corrected chi connectivity index (χ0v) is 11.7. The summed E-state index contributed by atoms with van der Waals surface area (Å²) in [7, 11) is 0. The lowest BCUT2D eigenvalue weighted by Gasteiger charge is -2.17. The number of hydrogen-bond donors (Lipinski definition) is 2. The first-order chi connectivity index (χ1) is 9.78. The first kappa shape index (κ1) is 13.3. The lowest BCUT2D eigenvalue weighted by atomic mass is 10.2. The second-order valence-corrected chi connectivity index (χ2v) is 5.68. The number of thioether (sulfide) groups is 1. The summed E-state index contributed by atoms with van der Waals surface area (Å²) in [4.78, 5) is 14.7. The second-order valence-electron chi connectivity index (χ2n) is 4.73. The van der Waals surface area contributed by atoms with Crippen molar-refractivity contribution >= 4 is 29.2 Å². The highest BCUT2D eigenvalue weighted by molar-refractivity contribution is 8.02. The number of cyclic esters (lactones) is 1. The minimum absolute atomic E-state index is 0.125. The summed E-state index contributed by atoms with van der Waals surface area (Å²) in [6.45, 7) is 0.668. The molecular weight excluding hydrogens is 276 g/mol. The third-order valence-corrected chi connectivity index (χ3v) is 4.22. The standard InChI is InChI=1S/C14H16N2O3S/c17-6-1-2-11-9-16(14(18)19-11)10-3-4-13-12(8-10)15-5-7-20-13/h3-5,7-8,11,15,17H,1-2,6,9H2/t11-/m1/s1. The van der Waals surface area contributed by atoms with E-state index in [1.165, 1.54) is 0 Å². The Morgan fingerprint density at radius 1 is 1.50 bits per heavy atom. The zero-order chi connectivity index (χ0) is 13.9. The maximum Gasteiger partial charge on any atom is 0.414 e. The van der Waals surface area contributed by atoms with Crippen molar-refractivity contribution in [3.8, 4) is 0 Å². The van der Waals surface area contributed by atoms with Crippen LogP contribution in [0, 0.1) is 0 Å². The van der Waals surface area contributed by atoms with Crippen molar-refractivity contribution in [1.29, 1.82) is 0 Å². The van der Waals surface area contributed by atoms with E-state index in [2.05, 4.69) is 5.32 Å². The molecule has 0 saturated carbocycles. The van der Waals surface area contributed by atoms with E-state index in [0.717, 1.165) is 16.3 Å². The molecule has 0 radical (unpaired) electrons. The number of carbonyl (C=O) groups is 1. The summed E-state index contributed by atoms with van der Waals surface area (Å²) in [5, 5.41) is 14.0. The number of ether oxygens (including phenoxy) is 1. The second kappa shape index (κ2) is 5.76. The van der Waals surface area contributed by atoms with Crippen LogP contribution in [-0.4, -0.2) is 30.5 Å². The molecule has 106 valence electrons. The van der Waals surface area contributed by atoms with Crippen LogP contribution >= 0.6 is 11.8 Å². The molecule has 20 heavy (non-hydrogen) atoms. The van der Waals surface area contributed by atoms with Gasteiger partial charge in [0.05, 0.1) is 12.2 Å². The van der Waals surface area contributed by atoms with E-state index in [1.54, 1.807) is 16.7 Å². The molecule has 1 fully saturated rings. The van der Waals surface area contributed by atoms with Gasteiger partial charge in [-0.05, 0) is 36.4 Å². The van der Waals surface area contributed by atoms with Gasteiger partial charge in [-0.1, -0.05) is 11.8 Å². The quantitative estimate of drug-likeness (QED) is 0.893. The average molecular weight is 292 g/mol. The van der Waals surface area contributed by atoms with Gasteiger partial charge in [-0.25, -0.2) is 4.79 Å². The predicted molar refractivity (Wildman–Crippen MR) is 79.0 cm³/mol. The highest BCUT2D eigenvalue weighted by atomic mass is 32.2. The summed E-state index contributed by atoms with van der Waals surface area (Å²) >= 11 is 1.65. The van der Waals surface area contributed by atoms with Crippen LogP contribution in [0.1, 0.15) is 12.8 Å². The minimum Gasteiger partial charge on any atom is -0.444 e. The first-order valence-corrected chi connectivity index (χ1v) is 7.47. The molecule has 0 unspecified atom stereocenters. The molecule has 1 atom stereocenters. The highest BCUT2D eigenvalue weighted by Crippen LogP contribution is 2.35. The molecule has 2 aliphatic heterocycles. The van der Waals surface area contributed by atoms with Gasteiger partial charge in [0.25, 0.3) is 0 Å². The largest absolute Gasteiger partial charge is 0.444 e. The van der Waals surface area contributed by atoms with Crippen LogP contribution in [0.3, 0.4) is 0 Å². The number of aliphatic hydroxyl groups is 1. The van der Waals surface area contributed by atoms with Crippen molar-refractivity contribution in [2.24, 2.45) is 0 Å². The molecule has 0 aliphatic carbocycles. The van der Waals surface area contributed by atoms with Crippen LogP contribution in [0.25, 0.3) is 0 Å². The number of anilines is 2. The number of fused-ring (bicyclic) bond motifs is 1. The number of benzene rings is 1. The van der Waals surface area contributed by atoms with E-state index in [9.17, 15) is 4.79 Å². The Morgan fingerprint density at radius 3 is 3.25 bits per heavy atom. The molecule has 1 amide bonds. The summed E-state index contributed by atoms with van der Waals surface area (Å²) < 4.78 is 5.31. The van der Waals surface area contributed by atoms with Gasteiger partial charge in [-0.3, -0.25) is 4.90 Å². The molecular formula is C14H16N2O3S. The molecule has 6 heteroatoms. The molecule has 1 saturated heterocycles. The predicted octanol–water partition coefficient (Wildman–Crippen LogP) is 2.77. The third-order valence-electron chi connectivity index (χ3n) is 3.33.